The quantitative estimate of drug-likeness (QED) is 0.802. The minimum atomic E-state index is -1.06. The number of hydrogen-bond donors (Lipinski definition) is 2. The molecular weight excluding hydrogens is 213 g/mol. The third-order valence-electron chi connectivity index (χ3n) is 1.47. The first-order chi connectivity index (χ1) is 5.61. The van der Waals surface area contributed by atoms with Gasteiger partial charge in [-0.25, -0.2) is 0 Å². The second kappa shape index (κ2) is 5.07. The van der Waals surface area contributed by atoms with Gasteiger partial charge in [0.2, 0.25) is 0 Å². The molecule has 0 saturated heterocycles. The lowest BCUT2D eigenvalue weighted by atomic mass is 10.1. The summed E-state index contributed by atoms with van der Waals surface area (Å²) in [6, 6.07) is 5.51. The number of aliphatic carboxylic acids is 1. The van der Waals surface area contributed by atoms with Gasteiger partial charge in [-0.05, 0) is 17.7 Å². The Hall–Kier alpha value is -0.770. The van der Waals surface area contributed by atoms with Gasteiger partial charge in [0.15, 0.2) is 0 Å². The van der Waals surface area contributed by atoms with Gasteiger partial charge in [-0.2, -0.15) is 0 Å². The van der Waals surface area contributed by atoms with Crippen LogP contribution in [0, 0.1) is 0 Å². The van der Waals surface area contributed by atoms with Gasteiger partial charge in [0.05, 0.1) is 0 Å². The van der Waals surface area contributed by atoms with E-state index in [0.29, 0.717) is 10.6 Å². The van der Waals surface area contributed by atoms with Gasteiger partial charge < -0.3 is 10.8 Å². The van der Waals surface area contributed by atoms with Gasteiger partial charge in [-0.1, -0.05) is 23.7 Å². The third-order valence-corrected chi connectivity index (χ3v) is 1.71. The van der Waals surface area contributed by atoms with E-state index in [1.54, 1.807) is 24.3 Å². The number of rotatable bonds is 2. The van der Waals surface area contributed by atoms with Crippen LogP contribution in [0.4, 0.5) is 0 Å². The van der Waals surface area contributed by atoms with E-state index >= 15 is 0 Å². The lowest BCUT2D eigenvalue weighted by Crippen LogP contribution is -2.20. The highest BCUT2D eigenvalue weighted by Gasteiger charge is 2.13. The standard InChI is InChI=1S/C8H8ClNO2.ClH/c9-6-3-1-2-5(4-6)7(10)8(11)12;/h1-4,7H,10H2,(H,11,12);1H/t7-;/m0./s1. The number of benzene rings is 1. The fraction of sp³-hybridized carbons (Fsp3) is 0.125. The number of halogens is 2. The van der Waals surface area contributed by atoms with Crippen molar-refractivity contribution in [1.82, 2.24) is 0 Å². The molecule has 5 heteroatoms. The largest absolute Gasteiger partial charge is 0.480 e. The number of carboxylic acids is 1. The molecular formula is C8H9Cl2NO2. The van der Waals surface area contributed by atoms with Gasteiger partial charge in [0.25, 0.3) is 0 Å². The molecule has 72 valence electrons. The van der Waals surface area contributed by atoms with Gasteiger partial charge in [-0.15, -0.1) is 12.4 Å². The molecule has 13 heavy (non-hydrogen) atoms. The van der Waals surface area contributed by atoms with Gasteiger partial charge in [0, 0.05) is 5.02 Å². The highest BCUT2D eigenvalue weighted by atomic mass is 35.5. The molecule has 3 N–H and O–H groups in total. The van der Waals surface area contributed by atoms with Gasteiger partial charge >= 0.3 is 5.97 Å². The van der Waals surface area contributed by atoms with Crippen LogP contribution in [0.15, 0.2) is 24.3 Å². The maximum Gasteiger partial charge on any atom is 0.325 e. The van der Waals surface area contributed by atoms with Gasteiger partial charge in [-0.3, -0.25) is 4.79 Å². The first-order valence-electron chi connectivity index (χ1n) is 3.35. The van der Waals surface area contributed by atoms with Crippen molar-refractivity contribution in [3.63, 3.8) is 0 Å². The molecule has 0 radical (unpaired) electrons. The van der Waals surface area contributed by atoms with Crippen molar-refractivity contribution in [3.05, 3.63) is 34.9 Å². The molecule has 0 fully saturated rings. The van der Waals surface area contributed by atoms with Crippen molar-refractivity contribution >= 4 is 30.0 Å². The predicted molar refractivity (Wildman–Crippen MR) is 53.3 cm³/mol. The maximum absolute atomic E-state index is 10.4. The Morgan fingerprint density at radius 3 is 2.62 bits per heavy atom. The molecule has 0 aliphatic heterocycles. The summed E-state index contributed by atoms with van der Waals surface area (Å²) in [5.41, 5.74) is 5.86. The van der Waals surface area contributed by atoms with Crippen LogP contribution >= 0.6 is 24.0 Å². The van der Waals surface area contributed by atoms with Crippen LogP contribution < -0.4 is 5.73 Å². The molecule has 0 bridgehead atoms. The van der Waals surface area contributed by atoms with E-state index in [4.69, 9.17) is 22.4 Å². The van der Waals surface area contributed by atoms with Crippen LogP contribution in [-0.4, -0.2) is 11.1 Å². The van der Waals surface area contributed by atoms with E-state index in [1.165, 1.54) is 0 Å². The topological polar surface area (TPSA) is 63.3 Å². The van der Waals surface area contributed by atoms with Crippen LogP contribution in [0.3, 0.4) is 0 Å². The molecule has 0 saturated carbocycles. The molecule has 1 aromatic rings. The van der Waals surface area contributed by atoms with Crippen molar-refractivity contribution in [3.8, 4) is 0 Å². The fourth-order valence-corrected chi connectivity index (χ4v) is 1.04. The van der Waals surface area contributed by atoms with Crippen LogP contribution in [0.25, 0.3) is 0 Å². The average molecular weight is 222 g/mol. The summed E-state index contributed by atoms with van der Waals surface area (Å²) < 4.78 is 0. The van der Waals surface area contributed by atoms with Crippen LogP contribution in [0.2, 0.25) is 5.02 Å². The molecule has 0 heterocycles. The Morgan fingerprint density at radius 1 is 1.54 bits per heavy atom. The normalized spacial score (nSPS) is 11.5. The van der Waals surface area contributed by atoms with Gasteiger partial charge in [0.1, 0.15) is 6.04 Å². The first-order valence-corrected chi connectivity index (χ1v) is 3.73. The fourth-order valence-electron chi connectivity index (χ4n) is 0.843. The van der Waals surface area contributed by atoms with Crippen molar-refractivity contribution in [2.24, 2.45) is 5.73 Å². The highest BCUT2D eigenvalue weighted by Crippen LogP contribution is 2.15. The molecule has 1 aromatic carbocycles. The Morgan fingerprint density at radius 2 is 2.15 bits per heavy atom. The zero-order valence-corrected chi connectivity index (χ0v) is 8.18. The molecule has 1 rings (SSSR count). The number of carbonyl (C=O) groups is 1. The summed E-state index contributed by atoms with van der Waals surface area (Å²) in [7, 11) is 0. The molecule has 0 amide bonds. The molecule has 3 nitrogen and oxygen atoms in total. The summed E-state index contributed by atoms with van der Waals surface area (Å²) in [5, 5.41) is 9.05. The Bertz CT molecular complexity index is 304. The second-order valence-corrected chi connectivity index (χ2v) is 2.81. The Kier molecular flexibility index (Phi) is 4.77. The lowest BCUT2D eigenvalue weighted by Gasteiger charge is -2.05. The lowest BCUT2D eigenvalue weighted by molar-refractivity contribution is -0.138. The second-order valence-electron chi connectivity index (χ2n) is 2.37. The Labute approximate surface area is 86.9 Å². The summed E-state index contributed by atoms with van der Waals surface area (Å²) in [4.78, 5) is 10.4. The minimum absolute atomic E-state index is 0. The van der Waals surface area contributed by atoms with E-state index in [-0.39, 0.29) is 12.4 Å². The highest BCUT2D eigenvalue weighted by molar-refractivity contribution is 6.30. The summed E-state index contributed by atoms with van der Waals surface area (Å²) >= 11 is 5.65. The predicted octanol–water partition coefficient (Wildman–Crippen LogP) is 1.85. The van der Waals surface area contributed by atoms with E-state index in [9.17, 15) is 4.79 Å². The van der Waals surface area contributed by atoms with Crippen molar-refractivity contribution in [1.29, 1.82) is 0 Å². The average Bonchev–Trinajstić information content (AvgIpc) is 2.03. The monoisotopic (exact) mass is 221 g/mol. The molecule has 1 atom stereocenters. The first kappa shape index (κ1) is 12.2. The molecule has 0 unspecified atom stereocenters. The number of hydrogen-bond acceptors (Lipinski definition) is 2. The van der Waals surface area contributed by atoms with Crippen molar-refractivity contribution in [2.45, 2.75) is 6.04 Å². The number of nitrogens with two attached hydrogens (primary N) is 1. The Balaban J connectivity index is 0.00000144. The van der Waals surface area contributed by atoms with Crippen LogP contribution in [-0.2, 0) is 4.79 Å². The SMILES string of the molecule is Cl.N[C@H](C(=O)O)c1cccc(Cl)c1. The van der Waals surface area contributed by atoms with Crippen LogP contribution in [0.5, 0.6) is 0 Å². The minimum Gasteiger partial charge on any atom is -0.480 e. The number of carboxylic acid groups (broad SMARTS) is 1. The summed E-state index contributed by atoms with van der Waals surface area (Å²) in [5.74, 6) is -1.06. The third kappa shape index (κ3) is 3.22. The molecule has 0 spiro atoms. The van der Waals surface area contributed by atoms with Crippen molar-refractivity contribution < 1.29 is 9.90 Å². The zero-order chi connectivity index (χ0) is 9.14. The zero-order valence-electron chi connectivity index (χ0n) is 6.61. The molecule has 0 aromatic heterocycles. The smallest absolute Gasteiger partial charge is 0.325 e. The molecule has 0 aliphatic rings. The van der Waals surface area contributed by atoms with E-state index in [2.05, 4.69) is 0 Å². The van der Waals surface area contributed by atoms with Crippen molar-refractivity contribution in [2.75, 3.05) is 0 Å². The van der Waals surface area contributed by atoms with E-state index in [1.807, 2.05) is 0 Å². The van der Waals surface area contributed by atoms with E-state index in [0.717, 1.165) is 0 Å². The molecule has 0 aliphatic carbocycles. The maximum atomic E-state index is 10.4. The summed E-state index contributed by atoms with van der Waals surface area (Å²) in [6.07, 6.45) is 0. The summed E-state index contributed by atoms with van der Waals surface area (Å²) in [6.45, 7) is 0. The van der Waals surface area contributed by atoms with Crippen LogP contribution in [0.1, 0.15) is 11.6 Å². The van der Waals surface area contributed by atoms with E-state index < -0.39 is 12.0 Å².